The summed E-state index contributed by atoms with van der Waals surface area (Å²) in [5.41, 5.74) is 0.645. The summed E-state index contributed by atoms with van der Waals surface area (Å²) in [5.74, 6) is 3.66. The highest BCUT2D eigenvalue weighted by Gasteiger charge is 2.52. The summed E-state index contributed by atoms with van der Waals surface area (Å²) in [6.07, 6.45) is 5.23. The van der Waals surface area contributed by atoms with Crippen molar-refractivity contribution in [1.29, 1.82) is 0 Å². The zero-order valence-corrected chi connectivity index (χ0v) is 9.74. The van der Waals surface area contributed by atoms with Crippen LogP contribution in [0.2, 0.25) is 0 Å². The lowest BCUT2D eigenvalue weighted by molar-refractivity contribution is -0.0601. The Kier molecular flexibility index (Phi) is 1.64. The summed E-state index contributed by atoms with van der Waals surface area (Å²) in [7, 11) is 2.21. The van der Waals surface area contributed by atoms with Crippen LogP contribution in [0.1, 0.15) is 49.2 Å². The second-order valence-electron chi connectivity index (χ2n) is 6.15. The molecule has 2 heterocycles. The maximum Gasteiger partial charge on any atom is 0.133 e. The lowest BCUT2D eigenvalue weighted by Crippen LogP contribution is -2.60. The predicted octanol–water partition coefficient (Wildman–Crippen LogP) is 1.49. The van der Waals surface area contributed by atoms with Crippen molar-refractivity contribution in [2.45, 2.75) is 37.5 Å². The van der Waals surface area contributed by atoms with Gasteiger partial charge in [0.25, 0.3) is 0 Å². The van der Waals surface area contributed by atoms with Gasteiger partial charge in [0, 0.05) is 24.9 Å². The van der Waals surface area contributed by atoms with Crippen molar-refractivity contribution in [3.05, 3.63) is 11.6 Å². The van der Waals surface area contributed by atoms with Crippen LogP contribution in [0.4, 0.5) is 0 Å². The van der Waals surface area contributed by atoms with Crippen LogP contribution < -0.4 is 0 Å². The third-order valence-electron chi connectivity index (χ3n) is 4.44. The van der Waals surface area contributed by atoms with Gasteiger partial charge in [0.2, 0.25) is 0 Å². The molecule has 1 N–H and O–H groups in total. The normalized spacial score (nSPS) is 29.1. The molecule has 0 radical (unpaired) electrons. The molecule has 1 saturated heterocycles. The van der Waals surface area contributed by atoms with Crippen LogP contribution in [-0.2, 0) is 0 Å². The van der Waals surface area contributed by atoms with Gasteiger partial charge in [-0.05, 0) is 38.1 Å². The average Bonchev–Trinajstić information content (AvgIpc) is 2.89. The topological polar surface area (TPSA) is 44.8 Å². The Morgan fingerprint density at radius 3 is 2.31 bits per heavy atom. The summed E-state index contributed by atoms with van der Waals surface area (Å²) >= 11 is 0. The Balaban J connectivity index is 1.43. The van der Waals surface area contributed by atoms with E-state index in [1.807, 2.05) is 0 Å². The number of H-pyrrole nitrogens is 1. The number of hydrogen-bond donors (Lipinski definition) is 1. The molecule has 0 aromatic carbocycles. The van der Waals surface area contributed by atoms with E-state index < -0.39 is 0 Å². The fourth-order valence-corrected chi connectivity index (χ4v) is 3.55. The third-order valence-corrected chi connectivity index (χ3v) is 4.44. The highest BCUT2D eigenvalue weighted by Crippen LogP contribution is 2.55. The summed E-state index contributed by atoms with van der Waals surface area (Å²) in [5, 5.41) is 8.59. The van der Waals surface area contributed by atoms with Crippen LogP contribution >= 0.6 is 0 Å². The zero-order valence-electron chi connectivity index (χ0n) is 9.74. The number of aromatic nitrogens is 3. The predicted molar refractivity (Wildman–Crippen MR) is 60.3 cm³/mol. The monoisotopic (exact) mass is 218 g/mol. The van der Waals surface area contributed by atoms with Crippen molar-refractivity contribution in [2.24, 2.45) is 5.41 Å². The van der Waals surface area contributed by atoms with Crippen LogP contribution in [0.3, 0.4) is 0 Å². The van der Waals surface area contributed by atoms with Gasteiger partial charge >= 0.3 is 0 Å². The van der Waals surface area contributed by atoms with E-state index in [0.717, 1.165) is 11.6 Å². The molecule has 16 heavy (non-hydrogen) atoms. The Labute approximate surface area is 95.4 Å². The molecule has 1 aromatic rings. The first kappa shape index (κ1) is 9.16. The molecule has 1 aromatic heterocycles. The lowest BCUT2D eigenvalue weighted by atomic mass is 9.57. The number of nitrogens with zero attached hydrogens (tertiary/aromatic N) is 3. The second kappa shape index (κ2) is 2.86. The average molecular weight is 218 g/mol. The Hall–Kier alpha value is -0.900. The summed E-state index contributed by atoms with van der Waals surface area (Å²) in [4.78, 5) is 5.85. The standard InChI is InChI=1S/C12H18N4/c1-16-6-12(7-16)4-9(5-12)11-13-10(14-15-11)8-2-3-8/h8-9H,2-7H2,1H3,(H,13,14,15). The first-order valence-corrected chi connectivity index (χ1v) is 6.35. The Morgan fingerprint density at radius 1 is 1.12 bits per heavy atom. The largest absolute Gasteiger partial charge is 0.328 e. The maximum atomic E-state index is 4.32. The van der Waals surface area contributed by atoms with Crippen LogP contribution in [0.15, 0.2) is 0 Å². The summed E-state index contributed by atoms with van der Waals surface area (Å²) in [6, 6.07) is 0. The van der Waals surface area contributed by atoms with Gasteiger partial charge in [0.05, 0.1) is 0 Å². The molecular formula is C12H18N4. The highest BCUT2D eigenvalue weighted by molar-refractivity contribution is 5.15. The van der Waals surface area contributed by atoms with Crippen molar-refractivity contribution in [1.82, 2.24) is 20.1 Å². The molecule has 1 spiro atoms. The van der Waals surface area contributed by atoms with E-state index >= 15 is 0 Å². The van der Waals surface area contributed by atoms with Gasteiger partial charge in [0.1, 0.15) is 11.6 Å². The fraction of sp³-hybridized carbons (Fsp3) is 0.833. The van der Waals surface area contributed by atoms with Gasteiger partial charge in [-0.1, -0.05) is 0 Å². The van der Waals surface area contributed by atoms with Gasteiger partial charge in [-0.15, -0.1) is 10.2 Å². The fourth-order valence-electron chi connectivity index (χ4n) is 3.55. The van der Waals surface area contributed by atoms with Crippen molar-refractivity contribution in [3.63, 3.8) is 0 Å². The zero-order chi connectivity index (χ0) is 10.8. The van der Waals surface area contributed by atoms with E-state index in [1.165, 1.54) is 38.8 Å². The molecule has 4 nitrogen and oxygen atoms in total. The van der Waals surface area contributed by atoms with E-state index in [4.69, 9.17) is 0 Å². The number of rotatable bonds is 2. The van der Waals surface area contributed by atoms with E-state index in [-0.39, 0.29) is 0 Å². The van der Waals surface area contributed by atoms with Crippen LogP contribution in [-0.4, -0.2) is 40.2 Å². The Bertz CT molecular complexity index is 406. The SMILES string of the molecule is CN1CC2(CC(c3nnc(C4CC4)[nH]3)C2)C1. The summed E-state index contributed by atoms with van der Waals surface area (Å²) in [6.45, 7) is 2.57. The van der Waals surface area contributed by atoms with Crippen molar-refractivity contribution in [2.75, 3.05) is 20.1 Å². The molecule has 0 amide bonds. The molecule has 2 aliphatic carbocycles. The molecule has 86 valence electrons. The number of nitrogens with one attached hydrogen (secondary N) is 1. The molecular weight excluding hydrogens is 200 g/mol. The molecule has 1 aliphatic heterocycles. The minimum atomic E-state index is 0.645. The van der Waals surface area contributed by atoms with Crippen LogP contribution in [0.5, 0.6) is 0 Å². The molecule has 0 atom stereocenters. The van der Waals surface area contributed by atoms with Crippen LogP contribution in [0, 0.1) is 5.41 Å². The lowest BCUT2D eigenvalue weighted by Gasteiger charge is -2.57. The quantitative estimate of drug-likeness (QED) is 0.818. The van der Waals surface area contributed by atoms with Crippen LogP contribution in [0.25, 0.3) is 0 Å². The first-order valence-electron chi connectivity index (χ1n) is 6.35. The van der Waals surface area contributed by atoms with E-state index in [1.54, 1.807) is 0 Å². The van der Waals surface area contributed by atoms with Gasteiger partial charge < -0.3 is 9.88 Å². The molecule has 3 fully saturated rings. The van der Waals surface area contributed by atoms with Crippen molar-refractivity contribution in [3.8, 4) is 0 Å². The molecule has 4 heteroatoms. The highest BCUT2D eigenvalue weighted by atomic mass is 15.2. The molecule has 3 aliphatic rings. The van der Waals surface area contributed by atoms with Gasteiger partial charge in [-0.25, -0.2) is 0 Å². The molecule has 2 saturated carbocycles. The number of hydrogen-bond acceptors (Lipinski definition) is 3. The molecule has 0 unspecified atom stereocenters. The van der Waals surface area contributed by atoms with Crippen molar-refractivity contribution >= 4 is 0 Å². The van der Waals surface area contributed by atoms with Gasteiger partial charge in [0.15, 0.2) is 0 Å². The van der Waals surface area contributed by atoms with Gasteiger partial charge in [-0.3, -0.25) is 0 Å². The van der Waals surface area contributed by atoms with E-state index in [0.29, 0.717) is 17.3 Å². The first-order chi connectivity index (χ1) is 7.74. The second-order valence-corrected chi connectivity index (χ2v) is 6.15. The minimum Gasteiger partial charge on any atom is -0.328 e. The summed E-state index contributed by atoms with van der Waals surface area (Å²) < 4.78 is 0. The molecule has 0 bridgehead atoms. The Morgan fingerprint density at radius 2 is 1.75 bits per heavy atom. The minimum absolute atomic E-state index is 0.645. The van der Waals surface area contributed by atoms with Crippen molar-refractivity contribution < 1.29 is 0 Å². The number of likely N-dealkylation sites (tertiary alicyclic amines) is 1. The van der Waals surface area contributed by atoms with E-state index in [2.05, 4.69) is 27.1 Å². The van der Waals surface area contributed by atoms with E-state index in [9.17, 15) is 0 Å². The maximum absolute atomic E-state index is 4.32. The smallest absolute Gasteiger partial charge is 0.133 e. The third kappa shape index (κ3) is 1.25. The van der Waals surface area contributed by atoms with Gasteiger partial charge in [-0.2, -0.15) is 0 Å². The number of aromatic amines is 1. The molecule has 4 rings (SSSR count).